The minimum Gasteiger partial charge on any atom is -0.304 e. The number of nitrogens with zero attached hydrogens (tertiary/aromatic N) is 3. The second kappa shape index (κ2) is 5.54. The van der Waals surface area contributed by atoms with Gasteiger partial charge in [-0.3, -0.25) is 14.5 Å². The highest BCUT2D eigenvalue weighted by Crippen LogP contribution is 2.26. The van der Waals surface area contributed by atoms with Gasteiger partial charge in [-0.15, -0.1) is 0 Å². The van der Waals surface area contributed by atoms with Crippen LogP contribution in [0.25, 0.3) is 0 Å². The van der Waals surface area contributed by atoms with E-state index in [1.54, 1.807) is 6.07 Å². The van der Waals surface area contributed by atoms with Gasteiger partial charge in [-0.1, -0.05) is 6.07 Å². The highest BCUT2D eigenvalue weighted by Gasteiger charge is 2.43. The predicted octanol–water partition coefficient (Wildman–Crippen LogP) is 0.705. The average molecular weight is 291 g/mol. The van der Waals surface area contributed by atoms with Crippen molar-refractivity contribution in [3.63, 3.8) is 0 Å². The summed E-state index contributed by atoms with van der Waals surface area (Å²) >= 11 is 0. The molecule has 2 fully saturated rings. The van der Waals surface area contributed by atoms with Crippen molar-refractivity contribution >= 4 is 17.5 Å². The van der Waals surface area contributed by atoms with E-state index in [9.17, 15) is 14.0 Å². The molecule has 1 atom stereocenters. The molecule has 0 radical (unpaired) electrons. The Morgan fingerprint density at radius 3 is 2.52 bits per heavy atom. The zero-order chi connectivity index (χ0) is 15.0. The number of anilines is 1. The highest BCUT2D eigenvalue weighted by molar-refractivity contribution is 6.22. The third-order valence-electron chi connectivity index (χ3n) is 4.17. The van der Waals surface area contributed by atoms with E-state index in [1.807, 2.05) is 7.05 Å². The zero-order valence-corrected chi connectivity index (χ0v) is 12.0. The summed E-state index contributed by atoms with van der Waals surface area (Å²) in [5, 5.41) is 0. The van der Waals surface area contributed by atoms with E-state index in [-0.39, 0.29) is 18.2 Å². The van der Waals surface area contributed by atoms with Crippen molar-refractivity contribution < 1.29 is 14.0 Å². The molecule has 1 aromatic carbocycles. The number of piperazine rings is 1. The number of carbonyl (C=O) groups excluding carboxylic acids is 2. The molecule has 0 spiro atoms. The van der Waals surface area contributed by atoms with Gasteiger partial charge >= 0.3 is 0 Å². The van der Waals surface area contributed by atoms with Crippen LogP contribution in [0.1, 0.15) is 6.42 Å². The number of imide groups is 1. The van der Waals surface area contributed by atoms with Gasteiger partial charge in [-0.05, 0) is 25.2 Å². The largest absolute Gasteiger partial charge is 0.304 e. The van der Waals surface area contributed by atoms with Crippen molar-refractivity contribution in [3.8, 4) is 0 Å². The molecule has 0 bridgehead atoms. The Bertz CT molecular complexity index is 570. The molecule has 1 aromatic rings. The highest BCUT2D eigenvalue weighted by atomic mass is 19.1. The van der Waals surface area contributed by atoms with Crippen LogP contribution in [0.4, 0.5) is 10.1 Å². The number of hydrogen-bond acceptors (Lipinski definition) is 4. The fourth-order valence-corrected chi connectivity index (χ4v) is 2.92. The molecule has 112 valence electrons. The summed E-state index contributed by atoms with van der Waals surface area (Å²) < 4.78 is 13.3. The summed E-state index contributed by atoms with van der Waals surface area (Å²) in [7, 11) is 2.04. The Morgan fingerprint density at radius 2 is 1.86 bits per heavy atom. The lowest BCUT2D eigenvalue weighted by molar-refractivity contribution is -0.123. The number of amides is 2. The van der Waals surface area contributed by atoms with Crippen LogP contribution in [0.15, 0.2) is 24.3 Å². The number of benzene rings is 1. The monoisotopic (exact) mass is 291 g/mol. The molecular weight excluding hydrogens is 273 g/mol. The van der Waals surface area contributed by atoms with Crippen LogP contribution in [0, 0.1) is 5.82 Å². The standard InChI is InChI=1S/C15H18FN3O2/c1-17-5-7-18(8-6-17)13-10-14(20)19(15(13)21)12-4-2-3-11(16)9-12/h2-4,9,13H,5-8,10H2,1H3/t13-/m1/s1. The van der Waals surface area contributed by atoms with Crippen molar-refractivity contribution in [2.24, 2.45) is 0 Å². The molecule has 0 aromatic heterocycles. The van der Waals surface area contributed by atoms with E-state index in [0.717, 1.165) is 31.1 Å². The third-order valence-corrected chi connectivity index (χ3v) is 4.17. The number of halogens is 1. The summed E-state index contributed by atoms with van der Waals surface area (Å²) in [4.78, 5) is 30.1. The number of likely N-dealkylation sites (N-methyl/N-ethyl adjacent to an activating group) is 1. The van der Waals surface area contributed by atoms with Gasteiger partial charge in [0.1, 0.15) is 5.82 Å². The molecule has 2 amide bonds. The molecule has 6 heteroatoms. The molecule has 0 N–H and O–H groups in total. The Hall–Kier alpha value is -1.79. The van der Waals surface area contributed by atoms with Crippen molar-refractivity contribution in [3.05, 3.63) is 30.1 Å². The second-order valence-electron chi connectivity index (χ2n) is 5.61. The average Bonchev–Trinajstić information content (AvgIpc) is 2.75. The van der Waals surface area contributed by atoms with Gasteiger partial charge in [-0.2, -0.15) is 0 Å². The van der Waals surface area contributed by atoms with Crippen LogP contribution in [0.3, 0.4) is 0 Å². The lowest BCUT2D eigenvalue weighted by Gasteiger charge is -2.35. The Labute approximate surface area is 122 Å². The normalized spacial score (nSPS) is 24.9. The minimum absolute atomic E-state index is 0.180. The maximum atomic E-state index is 13.3. The van der Waals surface area contributed by atoms with Crippen LogP contribution in [-0.4, -0.2) is 60.9 Å². The molecule has 2 heterocycles. The first-order valence-electron chi connectivity index (χ1n) is 7.11. The van der Waals surface area contributed by atoms with E-state index in [1.165, 1.54) is 18.2 Å². The van der Waals surface area contributed by atoms with Crippen LogP contribution < -0.4 is 4.90 Å². The molecule has 0 aliphatic carbocycles. The van der Waals surface area contributed by atoms with Gasteiger partial charge in [0.15, 0.2) is 0 Å². The van der Waals surface area contributed by atoms with Crippen LogP contribution in [0.2, 0.25) is 0 Å². The van der Waals surface area contributed by atoms with Crippen LogP contribution in [0.5, 0.6) is 0 Å². The van der Waals surface area contributed by atoms with E-state index < -0.39 is 11.9 Å². The first-order valence-corrected chi connectivity index (χ1v) is 7.11. The van der Waals surface area contributed by atoms with E-state index in [2.05, 4.69) is 9.80 Å². The molecule has 21 heavy (non-hydrogen) atoms. The van der Waals surface area contributed by atoms with Crippen molar-refractivity contribution in [2.45, 2.75) is 12.5 Å². The summed E-state index contributed by atoms with van der Waals surface area (Å²) in [5.41, 5.74) is 0.321. The number of rotatable bonds is 2. The molecule has 5 nitrogen and oxygen atoms in total. The first kappa shape index (κ1) is 14.2. The lowest BCUT2D eigenvalue weighted by Crippen LogP contribution is -2.51. The topological polar surface area (TPSA) is 43.9 Å². The van der Waals surface area contributed by atoms with Crippen molar-refractivity contribution in [1.82, 2.24) is 9.80 Å². The quantitative estimate of drug-likeness (QED) is 0.753. The molecule has 2 saturated heterocycles. The van der Waals surface area contributed by atoms with Crippen molar-refractivity contribution in [1.29, 1.82) is 0 Å². The van der Waals surface area contributed by atoms with Crippen molar-refractivity contribution in [2.75, 3.05) is 38.1 Å². The Kier molecular flexibility index (Phi) is 3.73. The van der Waals surface area contributed by atoms with Gasteiger partial charge in [0.2, 0.25) is 5.91 Å². The molecule has 0 saturated carbocycles. The van der Waals surface area contributed by atoms with Gasteiger partial charge in [0.05, 0.1) is 18.2 Å². The van der Waals surface area contributed by atoms with E-state index in [4.69, 9.17) is 0 Å². The molecular formula is C15H18FN3O2. The SMILES string of the molecule is CN1CCN([C@@H]2CC(=O)N(c3cccc(F)c3)C2=O)CC1. The predicted molar refractivity (Wildman–Crippen MR) is 76.4 cm³/mol. The minimum atomic E-state index is -0.448. The Balaban J connectivity index is 1.79. The van der Waals surface area contributed by atoms with E-state index in [0.29, 0.717) is 5.69 Å². The summed E-state index contributed by atoms with van der Waals surface area (Å²) in [6.07, 6.45) is 0.180. The first-order chi connectivity index (χ1) is 10.1. The Morgan fingerprint density at radius 1 is 1.14 bits per heavy atom. The fraction of sp³-hybridized carbons (Fsp3) is 0.467. The third kappa shape index (κ3) is 2.69. The number of carbonyl (C=O) groups is 2. The summed E-state index contributed by atoms with van der Waals surface area (Å²) in [5.74, 6) is -0.944. The van der Waals surface area contributed by atoms with Gasteiger partial charge in [0, 0.05) is 26.2 Å². The molecule has 3 rings (SSSR count). The van der Waals surface area contributed by atoms with Crippen LogP contribution >= 0.6 is 0 Å². The second-order valence-corrected chi connectivity index (χ2v) is 5.61. The zero-order valence-electron chi connectivity index (χ0n) is 12.0. The summed E-state index contributed by atoms with van der Waals surface area (Å²) in [6, 6.07) is 5.21. The smallest absolute Gasteiger partial charge is 0.251 e. The van der Waals surface area contributed by atoms with E-state index >= 15 is 0 Å². The van der Waals surface area contributed by atoms with Gasteiger partial charge < -0.3 is 4.90 Å². The molecule has 2 aliphatic heterocycles. The molecule has 2 aliphatic rings. The maximum absolute atomic E-state index is 13.3. The van der Waals surface area contributed by atoms with Crippen LogP contribution in [-0.2, 0) is 9.59 Å². The lowest BCUT2D eigenvalue weighted by atomic mass is 10.2. The summed E-state index contributed by atoms with van der Waals surface area (Å²) in [6.45, 7) is 3.32. The fourth-order valence-electron chi connectivity index (χ4n) is 2.92. The van der Waals surface area contributed by atoms with Gasteiger partial charge in [0.25, 0.3) is 5.91 Å². The molecule has 0 unspecified atom stereocenters. The number of hydrogen-bond donors (Lipinski definition) is 0. The maximum Gasteiger partial charge on any atom is 0.251 e. The van der Waals surface area contributed by atoms with Gasteiger partial charge in [-0.25, -0.2) is 9.29 Å².